The predicted octanol–water partition coefficient (Wildman–Crippen LogP) is 4.93. The first-order valence-corrected chi connectivity index (χ1v) is 12.8. The fourth-order valence-corrected chi connectivity index (χ4v) is 4.98. The van der Waals surface area contributed by atoms with Gasteiger partial charge in [-0.05, 0) is 70.4 Å². The predicted molar refractivity (Wildman–Crippen MR) is 149 cm³/mol. The van der Waals surface area contributed by atoms with E-state index in [0.717, 1.165) is 42.6 Å². The van der Waals surface area contributed by atoms with Crippen LogP contribution in [0.25, 0.3) is 0 Å². The summed E-state index contributed by atoms with van der Waals surface area (Å²) in [4.78, 5) is 19.4. The van der Waals surface area contributed by atoms with Gasteiger partial charge < -0.3 is 21.1 Å². The largest absolute Gasteiger partial charge is 0.398 e. The Labute approximate surface area is 214 Å². The van der Waals surface area contributed by atoms with Gasteiger partial charge in [0.1, 0.15) is 0 Å². The zero-order chi connectivity index (χ0) is 26.2. The molecule has 1 fully saturated rings. The van der Waals surface area contributed by atoms with Crippen molar-refractivity contribution in [2.75, 3.05) is 17.2 Å². The average molecular weight is 490 g/mol. The zero-order valence-corrected chi connectivity index (χ0v) is 21.8. The van der Waals surface area contributed by atoms with Gasteiger partial charge in [-0.25, -0.2) is 0 Å². The van der Waals surface area contributed by atoms with Crippen LogP contribution in [0.3, 0.4) is 0 Å². The monoisotopic (exact) mass is 489 g/mol. The zero-order valence-electron chi connectivity index (χ0n) is 21.8. The van der Waals surface area contributed by atoms with Gasteiger partial charge in [0, 0.05) is 46.4 Å². The quantitative estimate of drug-likeness (QED) is 0.295. The summed E-state index contributed by atoms with van der Waals surface area (Å²) in [5.41, 5.74) is 10.5. The van der Waals surface area contributed by atoms with Crippen LogP contribution in [0.1, 0.15) is 74.9 Å². The lowest BCUT2D eigenvalue weighted by molar-refractivity contribution is 0.0956. The van der Waals surface area contributed by atoms with E-state index in [2.05, 4.69) is 29.1 Å². The summed E-state index contributed by atoms with van der Waals surface area (Å²) >= 11 is 0. The number of hydrogen-bond donors (Lipinski definition) is 4. The second kappa shape index (κ2) is 12.5. The molecule has 1 saturated heterocycles. The van der Waals surface area contributed by atoms with Gasteiger partial charge in [-0.3, -0.25) is 15.2 Å². The molecule has 0 bridgehead atoms. The van der Waals surface area contributed by atoms with Crippen molar-refractivity contribution < 1.29 is 9.90 Å². The number of carbonyl (C=O) groups excluding carboxylic acids is 1. The van der Waals surface area contributed by atoms with Crippen molar-refractivity contribution in [2.24, 2.45) is 4.99 Å². The van der Waals surface area contributed by atoms with Gasteiger partial charge in [-0.2, -0.15) is 0 Å². The van der Waals surface area contributed by atoms with Gasteiger partial charge in [0.2, 0.25) is 0 Å². The smallest absolute Gasteiger partial charge is 0.251 e. The molecule has 1 aliphatic heterocycles. The lowest BCUT2D eigenvalue weighted by Crippen LogP contribution is -2.49. The molecule has 0 radical (unpaired) electrons. The summed E-state index contributed by atoms with van der Waals surface area (Å²) in [6.45, 7) is 8.36. The number of rotatable bonds is 9. The topological polar surface area (TPSA) is 115 Å². The Morgan fingerprint density at radius 1 is 1.19 bits per heavy atom. The van der Waals surface area contributed by atoms with E-state index in [1.807, 2.05) is 44.2 Å². The van der Waals surface area contributed by atoms with Gasteiger partial charge in [0.15, 0.2) is 0 Å². The number of benzene rings is 2. The molecule has 0 saturated carbocycles. The molecule has 1 amide bonds. The van der Waals surface area contributed by atoms with E-state index >= 15 is 0 Å². The number of piperidine rings is 1. The van der Waals surface area contributed by atoms with Crippen molar-refractivity contribution >= 4 is 29.2 Å². The SMILES string of the molecule is CC=N/C(=C\C)CNC(=O)c1ccc(N)c(C(=N)c2ccc(N3C(C)CC(O)CC3CCC)cc2)c1. The summed E-state index contributed by atoms with van der Waals surface area (Å²) in [6.07, 6.45) is 6.92. The highest BCUT2D eigenvalue weighted by Gasteiger charge is 2.32. The fraction of sp³-hybridized carbons (Fsp3) is 0.414. The van der Waals surface area contributed by atoms with Gasteiger partial charge in [-0.15, -0.1) is 0 Å². The Morgan fingerprint density at radius 2 is 1.89 bits per heavy atom. The van der Waals surface area contributed by atoms with Crippen LogP contribution >= 0.6 is 0 Å². The molecule has 7 nitrogen and oxygen atoms in total. The first kappa shape index (κ1) is 27.1. The number of aliphatic imine (C=N–C) groups is 1. The van der Waals surface area contributed by atoms with Gasteiger partial charge in [-0.1, -0.05) is 31.6 Å². The van der Waals surface area contributed by atoms with E-state index in [1.54, 1.807) is 24.4 Å². The standard InChI is InChI=1S/C29H39N5O2/c1-5-8-24-17-25(35)15-19(4)34(24)23-12-9-20(10-13-23)28(31)26-16-21(11-14-27(26)30)29(36)33-18-22(6-2)32-7-3/h6-7,9-14,16,19,24-25,31,35H,5,8,15,17-18,30H2,1-4H3,(H,33,36)/b22-6-,31-28?,32-7?. The van der Waals surface area contributed by atoms with Crippen molar-refractivity contribution in [3.05, 3.63) is 70.9 Å². The van der Waals surface area contributed by atoms with Crippen LogP contribution < -0.4 is 16.0 Å². The molecule has 1 aliphatic rings. The van der Waals surface area contributed by atoms with Crippen molar-refractivity contribution in [3.63, 3.8) is 0 Å². The van der Waals surface area contributed by atoms with E-state index in [1.165, 1.54) is 0 Å². The van der Waals surface area contributed by atoms with Crippen LogP contribution in [0.15, 0.2) is 59.2 Å². The van der Waals surface area contributed by atoms with Crippen molar-refractivity contribution in [3.8, 4) is 0 Å². The summed E-state index contributed by atoms with van der Waals surface area (Å²) in [7, 11) is 0. The molecular weight excluding hydrogens is 450 g/mol. The Morgan fingerprint density at radius 3 is 2.53 bits per heavy atom. The minimum Gasteiger partial charge on any atom is -0.398 e. The van der Waals surface area contributed by atoms with E-state index in [4.69, 9.17) is 11.1 Å². The second-order valence-electron chi connectivity index (χ2n) is 9.40. The molecular formula is C29H39N5O2. The maximum atomic E-state index is 12.7. The normalized spacial score (nSPS) is 20.5. The number of amides is 1. The third kappa shape index (κ3) is 6.40. The van der Waals surface area contributed by atoms with Crippen molar-refractivity contribution in [2.45, 2.75) is 71.6 Å². The molecule has 5 N–H and O–H groups in total. The number of nitrogen functional groups attached to an aromatic ring is 1. The van der Waals surface area contributed by atoms with Crippen LogP contribution in [0, 0.1) is 5.41 Å². The van der Waals surface area contributed by atoms with Gasteiger partial charge >= 0.3 is 0 Å². The number of aliphatic hydroxyl groups excluding tert-OH is 1. The first-order chi connectivity index (χ1) is 17.3. The molecule has 3 unspecified atom stereocenters. The van der Waals surface area contributed by atoms with Crippen molar-refractivity contribution in [1.29, 1.82) is 5.41 Å². The maximum absolute atomic E-state index is 12.7. The average Bonchev–Trinajstić information content (AvgIpc) is 2.86. The molecule has 0 aromatic heterocycles. The Hall–Kier alpha value is -3.45. The molecule has 0 spiro atoms. The summed E-state index contributed by atoms with van der Waals surface area (Å²) in [5.74, 6) is -0.242. The van der Waals surface area contributed by atoms with Crippen LogP contribution in [0.5, 0.6) is 0 Å². The lowest BCUT2D eigenvalue weighted by atomic mass is 9.90. The maximum Gasteiger partial charge on any atom is 0.251 e. The second-order valence-corrected chi connectivity index (χ2v) is 9.40. The van der Waals surface area contributed by atoms with Gasteiger partial charge in [0.25, 0.3) is 5.91 Å². The molecule has 36 heavy (non-hydrogen) atoms. The number of hydrogen-bond acceptors (Lipinski definition) is 6. The minimum absolute atomic E-state index is 0.242. The minimum atomic E-state index is -0.253. The molecule has 1 heterocycles. The molecule has 7 heteroatoms. The third-order valence-electron chi connectivity index (χ3n) is 6.74. The van der Waals surface area contributed by atoms with Crippen LogP contribution in [0.4, 0.5) is 11.4 Å². The third-order valence-corrected chi connectivity index (χ3v) is 6.74. The van der Waals surface area contributed by atoms with E-state index < -0.39 is 0 Å². The fourth-order valence-electron chi connectivity index (χ4n) is 4.98. The number of nitrogens with one attached hydrogen (secondary N) is 2. The highest BCUT2D eigenvalue weighted by Crippen LogP contribution is 2.32. The van der Waals surface area contributed by atoms with E-state index in [0.29, 0.717) is 29.4 Å². The number of nitrogens with zero attached hydrogens (tertiary/aromatic N) is 2. The summed E-state index contributed by atoms with van der Waals surface area (Å²) < 4.78 is 0. The molecule has 2 aromatic rings. The number of aliphatic hydroxyl groups is 1. The Balaban J connectivity index is 1.79. The summed E-state index contributed by atoms with van der Waals surface area (Å²) in [5, 5.41) is 21.9. The number of anilines is 2. The highest BCUT2D eigenvalue weighted by atomic mass is 16.3. The van der Waals surface area contributed by atoms with Crippen LogP contribution in [-0.4, -0.2) is 47.7 Å². The first-order valence-electron chi connectivity index (χ1n) is 12.8. The van der Waals surface area contributed by atoms with Crippen LogP contribution in [-0.2, 0) is 0 Å². The number of carbonyl (C=O) groups is 1. The number of allylic oxidation sites excluding steroid dienone is 1. The van der Waals surface area contributed by atoms with E-state index in [9.17, 15) is 9.90 Å². The molecule has 3 rings (SSSR count). The number of nitrogens with two attached hydrogens (primary N) is 1. The molecule has 3 atom stereocenters. The van der Waals surface area contributed by atoms with Crippen molar-refractivity contribution in [1.82, 2.24) is 5.32 Å². The lowest BCUT2D eigenvalue weighted by Gasteiger charge is -2.44. The molecule has 192 valence electrons. The Bertz CT molecular complexity index is 1120. The van der Waals surface area contributed by atoms with E-state index in [-0.39, 0.29) is 23.8 Å². The summed E-state index contributed by atoms with van der Waals surface area (Å²) in [6, 6.07) is 13.5. The van der Waals surface area contributed by atoms with Crippen LogP contribution in [0.2, 0.25) is 0 Å². The van der Waals surface area contributed by atoms with Gasteiger partial charge in [0.05, 0.1) is 24.1 Å². The Kier molecular flexibility index (Phi) is 9.42. The molecule has 0 aliphatic carbocycles. The molecule has 2 aromatic carbocycles. The highest BCUT2D eigenvalue weighted by molar-refractivity contribution is 6.15.